The van der Waals surface area contributed by atoms with Crippen molar-refractivity contribution < 1.29 is 0 Å². The van der Waals surface area contributed by atoms with E-state index in [1.165, 1.54) is 24.8 Å². The molecule has 0 bridgehead atoms. The summed E-state index contributed by atoms with van der Waals surface area (Å²) >= 11 is 0. The van der Waals surface area contributed by atoms with E-state index in [-0.39, 0.29) is 0 Å². The lowest BCUT2D eigenvalue weighted by atomic mass is 9.64. The maximum Gasteiger partial charge on any atom is 0.0524 e. The molecule has 1 aromatic rings. The number of hydrogen-bond acceptors (Lipinski definition) is 2. The largest absolute Gasteiger partial charge is 0.319 e. The average Bonchev–Trinajstić information content (AvgIpc) is 2.87. The molecular weight excluding hydrogens is 246 g/mol. The van der Waals surface area contributed by atoms with Gasteiger partial charge in [-0.2, -0.15) is 5.10 Å². The summed E-state index contributed by atoms with van der Waals surface area (Å²) in [4.78, 5) is 0. The van der Waals surface area contributed by atoms with Crippen LogP contribution in [0.4, 0.5) is 0 Å². The third kappa shape index (κ3) is 3.43. The fraction of sp³-hybridized carbons (Fsp3) is 0.824. The van der Waals surface area contributed by atoms with Crippen LogP contribution in [0.25, 0.3) is 0 Å². The molecule has 0 saturated heterocycles. The molecule has 1 aromatic heterocycles. The van der Waals surface area contributed by atoms with Crippen molar-refractivity contribution in [3.63, 3.8) is 0 Å². The first-order valence-corrected chi connectivity index (χ1v) is 8.12. The van der Waals surface area contributed by atoms with Crippen LogP contribution < -0.4 is 5.32 Å². The van der Waals surface area contributed by atoms with Crippen molar-refractivity contribution in [1.82, 2.24) is 15.1 Å². The molecule has 0 aromatic carbocycles. The van der Waals surface area contributed by atoms with Gasteiger partial charge >= 0.3 is 0 Å². The number of rotatable bonds is 4. The zero-order valence-electron chi connectivity index (χ0n) is 13.8. The van der Waals surface area contributed by atoms with Crippen molar-refractivity contribution in [3.8, 4) is 0 Å². The van der Waals surface area contributed by atoms with Crippen molar-refractivity contribution in [2.75, 3.05) is 13.6 Å². The van der Waals surface area contributed by atoms with Crippen LogP contribution in [0, 0.1) is 17.3 Å². The van der Waals surface area contributed by atoms with E-state index in [0.717, 1.165) is 24.9 Å². The van der Waals surface area contributed by atoms with Crippen molar-refractivity contribution in [3.05, 3.63) is 18.0 Å². The highest BCUT2D eigenvalue weighted by Gasteiger charge is 2.36. The predicted molar refractivity (Wildman–Crippen MR) is 84.9 cm³/mol. The van der Waals surface area contributed by atoms with E-state index in [9.17, 15) is 0 Å². The number of nitrogens with zero attached hydrogens (tertiary/aromatic N) is 2. The average molecular weight is 277 g/mol. The number of nitrogens with one attached hydrogen (secondary N) is 1. The van der Waals surface area contributed by atoms with Crippen molar-refractivity contribution in [1.29, 1.82) is 0 Å². The summed E-state index contributed by atoms with van der Waals surface area (Å²) in [6.45, 7) is 11.4. The van der Waals surface area contributed by atoms with Crippen LogP contribution in [-0.4, -0.2) is 23.4 Å². The summed E-state index contributed by atoms with van der Waals surface area (Å²) in [5, 5.41) is 7.87. The second kappa shape index (κ2) is 6.30. The molecule has 1 aliphatic rings. The lowest BCUT2D eigenvalue weighted by Gasteiger charge is -2.41. The van der Waals surface area contributed by atoms with Gasteiger partial charge in [0, 0.05) is 12.7 Å². The lowest BCUT2D eigenvalue weighted by molar-refractivity contribution is 0.130. The van der Waals surface area contributed by atoms with Crippen LogP contribution in [0.15, 0.2) is 12.4 Å². The Hall–Kier alpha value is -0.830. The molecule has 1 N–H and O–H groups in total. The summed E-state index contributed by atoms with van der Waals surface area (Å²) < 4.78 is 2.06. The van der Waals surface area contributed by atoms with Gasteiger partial charge in [-0.05, 0) is 68.5 Å². The van der Waals surface area contributed by atoms with E-state index in [0.29, 0.717) is 11.3 Å². The van der Waals surface area contributed by atoms with Crippen LogP contribution in [0.5, 0.6) is 0 Å². The fourth-order valence-electron chi connectivity index (χ4n) is 3.68. The van der Waals surface area contributed by atoms with Crippen LogP contribution in [-0.2, 0) is 6.54 Å². The monoisotopic (exact) mass is 277 g/mol. The van der Waals surface area contributed by atoms with Gasteiger partial charge < -0.3 is 5.32 Å². The van der Waals surface area contributed by atoms with E-state index < -0.39 is 0 Å². The molecule has 114 valence electrons. The molecule has 3 nitrogen and oxygen atoms in total. The van der Waals surface area contributed by atoms with Crippen LogP contribution in [0.3, 0.4) is 0 Å². The minimum absolute atomic E-state index is 0.420. The first-order chi connectivity index (χ1) is 9.45. The Morgan fingerprint density at radius 3 is 2.65 bits per heavy atom. The maximum atomic E-state index is 4.49. The van der Waals surface area contributed by atoms with Gasteiger partial charge in [-0.25, -0.2) is 0 Å². The number of hydrogen-bond donors (Lipinski definition) is 1. The van der Waals surface area contributed by atoms with E-state index >= 15 is 0 Å². The van der Waals surface area contributed by atoms with Gasteiger partial charge in [0.05, 0.1) is 6.20 Å². The Kier molecular flexibility index (Phi) is 4.90. The first-order valence-electron chi connectivity index (χ1n) is 8.12. The lowest BCUT2D eigenvalue weighted by Crippen LogP contribution is -2.34. The molecule has 0 spiro atoms. The van der Waals surface area contributed by atoms with Gasteiger partial charge in [0.15, 0.2) is 0 Å². The Bertz CT molecular complexity index is 416. The van der Waals surface area contributed by atoms with Crippen molar-refractivity contribution in [2.24, 2.45) is 17.3 Å². The molecule has 0 aliphatic heterocycles. The van der Waals surface area contributed by atoms with Crippen LogP contribution in [0.1, 0.15) is 58.4 Å². The SMILES string of the molecule is CCn1cc(C2CC(C(C)(C)C)CCC2CNC)cn1. The molecule has 1 saturated carbocycles. The minimum atomic E-state index is 0.420. The Labute approximate surface area is 124 Å². The number of aryl methyl sites for hydroxylation is 1. The number of aromatic nitrogens is 2. The van der Waals surface area contributed by atoms with Crippen LogP contribution in [0.2, 0.25) is 0 Å². The second-order valence-electron chi connectivity index (χ2n) is 7.43. The highest BCUT2D eigenvalue weighted by atomic mass is 15.3. The predicted octanol–water partition coefficient (Wildman–Crippen LogP) is 3.67. The normalized spacial score (nSPS) is 27.8. The third-order valence-corrected chi connectivity index (χ3v) is 5.09. The van der Waals surface area contributed by atoms with Crippen molar-refractivity contribution in [2.45, 2.75) is 59.4 Å². The molecule has 3 atom stereocenters. The van der Waals surface area contributed by atoms with E-state index in [1.54, 1.807) is 0 Å². The molecule has 0 radical (unpaired) electrons. The van der Waals surface area contributed by atoms with Gasteiger partial charge in [-0.1, -0.05) is 20.8 Å². The molecule has 3 heteroatoms. The summed E-state index contributed by atoms with van der Waals surface area (Å²) in [7, 11) is 2.07. The van der Waals surface area contributed by atoms with Crippen molar-refractivity contribution >= 4 is 0 Å². The molecule has 1 fully saturated rings. The Morgan fingerprint density at radius 2 is 2.10 bits per heavy atom. The Balaban J connectivity index is 2.18. The summed E-state index contributed by atoms with van der Waals surface area (Å²) in [6, 6.07) is 0. The van der Waals surface area contributed by atoms with Crippen LogP contribution >= 0.6 is 0 Å². The molecule has 0 amide bonds. The molecular formula is C17H31N3. The summed E-state index contributed by atoms with van der Waals surface area (Å²) in [5.41, 5.74) is 1.87. The molecule has 3 unspecified atom stereocenters. The summed E-state index contributed by atoms with van der Waals surface area (Å²) in [6.07, 6.45) is 8.38. The van der Waals surface area contributed by atoms with Gasteiger partial charge in [0.1, 0.15) is 0 Å². The van der Waals surface area contributed by atoms with Gasteiger partial charge in [0.25, 0.3) is 0 Å². The molecule has 1 aliphatic carbocycles. The quantitative estimate of drug-likeness (QED) is 0.910. The fourth-order valence-corrected chi connectivity index (χ4v) is 3.68. The van der Waals surface area contributed by atoms with Gasteiger partial charge in [0.2, 0.25) is 0 Å². The third-order valence-electron chi connectivity index (χ3n) is 5.09. The first kappa shape index (κ1) is 15.6. The molecule has 20 heavy (non-hydrogen) atoms. The smallest absolute Gasteiger partial charge is 0.0524 e. The van der Waals surface area contributed by atoms with E-state index in [1.807, 2.05) is 0 Å². The standard InChI is InChI=1S/C17H31N3/c1-6-20-12-14(11-19-20)16-9-15(17(2,3)4)8-7-13(16)10-18-5/h11-13,15-16,18H,6-10H2,1-5H3. The van der Waals surface area contributed by atoms with E-state index in [4.69, 9.17) is 0 Å². The highest BCUT2D eigenvalue weighted by molar-refractivity contribution is 5.15. The minimum Gasteiger partial charge on any atom is -0.319 e. The molecule has 1 heterocycles. The van der Waals surface area contributed by atoms with E-state index in [2.05, 4.69) is 62.2 Å². The van der Waals surface area contributed by atoms with Gasteiger partial charge in [-0.3, -0.25) is 4.68 Å². The zero-order chi connectivity index (χ0) is 14.8. The second-order valence-corrected chi connectivity index (χ2v) is 7.43. The molecule has 2 rings (SSSR count). The topological polar surface area (TPSA) is 29.9 Å². The van der Waals surface area contributed by atoms with Gasteiger partial charge in [-0.15, -0.1) is 0 Å². The zero-order valence-corrected chi connectivity index (χ0v) is 13.8. The summed E-state index contributed by atoms with van der Waals surface area (Å²) in [5.74, 6) is 2.25. The maximum absolute atomic E-state index is 4.49. The Morgan fingerprint density at radius 1 is 1.35 bits per heavy atom. The highest BCUT2D eigenvalue weighted by Crippen LogP contribution is 2.46.